The molecule has 3 rings (SSSR count). The van der Waals surface area contributed by atoms with Crippen LogP contribution < -0.4 is 11.0 Å². The van der Waals surface area contributed by atoms with Crippen LogP contribution in [0.4, 0.5) is 5.82 Å². The minimum Gasteiger partial charge on any atom is -0.367 e. The van der Waals surface area contributed by atoms with Gasteiger partial charge in [-0.25, -0.2) is 19.7 Å². The number of aromatic nitrogens is 4. The van der Waals surface area contributed by atoms with Crippen LogP contribution in [0.15, 0.2) is 35.8 Å². The first-order valence-corrected chi connectivity index (χ1v) is 7.47. The summed E-state index contributed by atoms with van der Waals surface area (Å²) in [6, 6.07) is 2.34. The first-order chi connectivity index (χ1) is 10.7. The molecule has 0 amide bonds. The molecule has 1 saturated heterocycles. The number of anilines is 1. The van der Waals surface area contributed by atoms with E-state index in [1.165, 1.54) is 4.57 Å². The molecule has 1 aliphatic heterocycles. The summed E-state index contributed by atoms with van der Waals surface area (Å²) in [6.45, 7) is 2.87. The van der Waals surface area contributed by atoms with Gasteiger partial charge in [-0.15, -0.1) is 0 Å². The van der Waals surface area contributed by atoms with Crippen LogP contribution in [0, 0.1) is 0 Å². The lowest BCUT2D eigenvalue weighted by Crippen LogP contribution is -2.39. The number of aryl methyl sites for hydroxylation is 1. The maximum absolute atomic E-state index is 11.3. The molecule has 7 nitrogen and oxygen atoms in total. The maximum Gasteiger partial charge on any atom is 0.347 e. The zero-order valence-electron chi connectivity index (χ0n) is 12.6. The molecule has 0 unspecified atom stereocenters. The van der Waals surface area contributed by atoms with Crippen molar-refractivity contribution in [2.24, 2.45) is 7.05 Å². The van der Waals surface area contributed by atoms with Crippen LogP contribution in [0.2, 0.25) is 0 Å². The lowest BCUT2D eigenvalue weighted by atomic mass is 10.0. The third kappa shape index (κ3) is 3.67. The lowest BCUT2D eigenvalue weighted by molar-refractivity contribution is 0.210. The van der Waals surface area contributed by atoms with Crippen molar-refractivity contribution in [3.05, 3.63) is 47.0 Å². The average molecular weight is 300 g/mol. The molecule has 7 heteroatoms. The zero-order valence-corrected chi connectivity index (χ0v) is 12.6. The van der Waals surface area contributed by atoms with E-state index >= 15 is 0 Å². The van der Waals surface area contributed by atoms with E-state index in [0.29, 0.717) is 6.04 Å². The molecule has 0 spiro atoms. The van der Waals surface area contributed by atoms with Gasteiger partial charge < -0.3 is 9.88 Å². The normalized spacial score (nSPS) is 16.6. The Morgan fingerprint density at radius 2 is 2.14 bits per heavy atom. The Morgan fingerprint density at radius 1 is 1.32 bits per heavy atom. The van der Waals surface area contributed by atoms with Crippen molar-refractivity contribution < 1.29 is 0 Å². The fourth-order valence-electron chi connectivity index (χ4n) is 2.73. The molecule has 2 aromatic rings. The summed E-state index contributed by atoms with van der Waals surface area (Å²) in [4.78, 5) is 25.7. The van der Waals surface area contributed by atoms with E-state index in [-0.39, 0.29) is 5.69 Å². The van der Waals surface area contributed by atoms with Crippen molar-refractivity contribution in [2.45, 2.75) is 25.4 Å². The van der Waals surface area contributed by atoms with Gasteiger partial charge in [-0.2, -0.15) is 0 Å². The highest BCUT2D eigenvalue weighted by Crippen LogP contribution is 2.16. The van der Waals surface area contributed by atoms with E-state index in [4.69, 9.17) is 0 Å². The Balaban J connectivity index is 1.51. The second-order valence-electron chi connectivity index (χ2n) is 5.65. The number of likely N-dealkylation sites (tertiary alicyclic amines) is 1. The smallest absolute Gasteiger partial charge is 0.347 e. The molecule has 0 atom stereocenters. The minimum atomic E-state index is -0.212. The van der Waals surface area contributed by atoms with Crippen LogP contribution in [-0.2, 0) is 13.6 Å². The first kappa shape index (κ1) is 14.6. The van der Waals surface area contributed by atoms with Gasteiger partial charge in [0.15, 0.2) is 0 Å². The topological polar surface area (TPSA) is 75.9 Å². The van der Waals surface area contributed by atoms with E-state index in [2.05, 4.69) is 25.2 Å². The summed E-state index contributed by atoms with van der Waals surface area (Å²) < 4.78 is 1.53. The number of hydrogen-bond acceptors (Lipinski definition) is 6. The van der Waals surface area contributed by atoms with E-state index in [1.807, 2.05) is 12.3 Å². The Hall–Kier alpha value is -2.28. The number of piperidine rings is 1. The summed E-state index contributed by atoms with van der Waals surface area (Å²) >= 11 is 0. The van der Waals surface area contributed by atoms with Gasteiger partial charge in [-0.1, -0.05) is 0 Å². The van der Waals surface area contributed by atoms with E-state index in [1.54, 1.807) is 25.8 Å². The van der Waals surface area contributed by atoms with Crippen molar-refractivity contribution >= 4 is 5.82 Å². The SMILES string of the molecule is Cn1cc(CN2CCC(Nc3ccncn3)CC2)cnc1=O. The second-order valence-corrected chi connectivity index (χ2v) is 5.65. The van der Waals surface area contributed by atoms with Crippen molar-refractivity contribution in [3.63, 3.8) is 0 Å². The van der Waals surface area contributed by atoms with Gasteiger partial charge in [0.05, 0.1) is 0 Å². The summed E-state index contributed by atoms with van der Waals surface area (Å²) in [6.07, 6.45) is 8.99. The second kappa shape index (κ2) is 6.65. The highest BCUT2D eigenvalue weighted by molar-refractivity contribution is 5.33. The Morgan fingerprint density at radius 3 is 2.82 bits per heavy atom. The molecule has 0 bridgehead atoms. The summed E-state index contributed by atoms with van der Waals surface area (Å²) in [5, 5.41) is 3.45. The fraction of sp³-hybridized carbons (Fsp3) is 0.467. The molecule has 3 heterocycles. The molecule has 0 radical (unpaired) electrons. The Kier molecular flexibility index (Phi) is 4.43. The molecule has 0 saturated carbocycles. The molecular formula is C15H20N6O. The van der Waals surface area contributed by atoms with E-state index in [9.17, 15) is 4.79 Å². The summed E-state index contributed by atoms with van der Waals surface area (Å²) in [7, 11) is 1.73. The zero-order chi connectivity index (χ0) is 15.4. The van der Waals surface area contributed by atoms with Gasteiger partial charge in [-0.3, -0.25) is 4.90 Å². The maximum atomic E-state index is 11.3. The van der Waals surface area contributed by atoms with Gasteiger partial charge in [0.2, 0.25) is 0 Å². The van der Waals surface area contributed by atoms with Crippen LogP contribution in [-0.4, -0.2) is 43.6 Å². The minimum absolute atomic E-state index is 0.212. The first-order valence-electron chi connectivity index (χ1n) is 7.47. The molecule has 2 aromatic heterocycles. The Labute approximate surface area is 129 Å². The van der Waals surface area contributed by atoms with Gasteiger partial charge >= 0.3 is 5.69 Å². The highest BCUT2D eigenvalue weighted by atomic mass is 16.1. The molecule has 22 heavy (non-hydrogen) atoms. The standard InChI is InChI=1S/C15H20N6O/c1-20-9-12(8-17-15(20)22)10-21-6-3-13(4-7-21)19-14-2-5-16-11-18-14/h2,5,8-9,11,13H,3-4,6-7,10H2,1H3,(H,16,18,19). The van der Waals surface area contributed by atoms with Crippen LogP contribution in [0.1, 0.15) is 18.4 Å². The molecule has 1 aliphatic rings. The average Bonchev–Trinajstić information content (AvgIpc) is 2.54. The molecule has 116 valence electrons. The lowest BCUT2D eigenvalue weighted by Gasteiger charge is -2.32. The van der Waals surface area contributed by atoms with Crippen molar-refractivity contribution in [1.29, 1.82) is 0 Å². The van der Waals surface area contributed by atoms with Gasteiger partial charge in [0, 0.05) is 56.9 Å². The van der Waals surface area contributed by atoms with Crippen molar-refractivity contribution in [1.82, 2.24) is 24.4 Å². The third-order valence-corrected chi connectivity index (χ3v) is 3.93. The van der Waals surface area contributed by atoms with Crippen LogP contribution in [0.25, 0.3) is 0 Å². The largest absolute Gasteiger partial charge is 0.367 e. The summed E-state index contributed by atoms with van der Waals surface area (Å²) in [5.41, 5.74) is 0.862. The number of hydrogen-bond donors (Lipinski definition) is 1. The number of nitrogens with one attached hydrogen (secondary N) is 1. The predicted molar refractivity (Wildman–Crippen MR) is 83.4 cm³/mol. The number of nitrogens with zero attached hydrogens (tertiary/aromatic N) is 5. The third-order valence-electron chi connectivity index (χ3n) is 3.93. The van der Waals surface area contributed by atoms with Gasteiger partial charge in [0.25, 0.3) is 0 Å². The summed E-state index contributed by atoms with van der Waals surface area (Å²) in [5.74, 6) is 0.885. The van der Waals surface area contributed by atoms with Crippen molar-refractivity contribution in [2.75, 3.05) is 18.4 Å². The molecule has 1 N–H and O–H groups in total. The van der Waals surface area contributed by atoms with E-state index in [0.717, 1.165) is 43.9 Å². The molecule has 0 aliphatic carbocycles. The van der Waals surface area contributed by atoms with Gasteiger partial charge in [-0.05, 0) is 18.9 Å². The fourth-order valence-corrected chi connectivity index (χ4v) is 2.73. The molecule has 0 aromatic carbocycles. The van der Waals surface area contributed by atoms with E-state index < -0.39 is 0 Å². The van der Waals surface area contributed by atoms with Gasteiger partial charge in [0.1, 0.15) is 12.1 Å². The van der Waals surface area contributed by atoms with Crippen LogP contribution in [0.3, 0.4) is 0 Å². The highest BCUT2D eigenvalue weighted by Gasteiger charge is 2.19. The van der Waals surface area contributed by atoms with Crippen molar-refractivity contribution in [3.8, 4) is 0 Å². The van der Waals surface area contributed by atoms with Crippen LogP contribution >= 0.6 is 0 Å². The monoisotopic (exact) mass is 300 g/mol. The number of rotatable bonds is 4. The van der Waals surface area contributed by atoms with Crippen LogP contribution in [0.5, 0.6) is 0 Å². The molecule has 1 fully saturated rings. The quantitative estimate of drug-likeness (QED) is 0.893. The predicted octanol–water partition coefficient (Wildman–Crippen LogP) is 0.647. The Bertz CT molecular complexity index is 663. The molecular weight excluding hydrogens is 280 g/mol.